The molecule has 0 unspecified atom stereocenters. The summed E-state index contributed by atoms with van der Waals surface area (Å²) in [5, 5.41) is 7.27. The predicted molar refractivity (Wildman–Crippen MR) is 146 cm³/mol. The first kappa shape index (κ1) is 21.4. The lowest BCUT2D eigenvalue weighted by atomic mass is 10.0. The summed E-state index contributed by atoms with van der Waals surface area (Å²) in [4.78, 5) is 0. The maximum Gasteiger partial charge on any atom is 0.148 e. The normalized spacial score (nSPS) is 11.5. The standard InChI is InChI=1S/C32H30Si/c1-4-19-29(20-5-1)33(30-21-6-2-7-22-30,31-23-8-3-9-24-31)26-13-12-16-28-18-14-17-27-15-10-11-25-32(27)28/h1-11,14-15,17-25H,12-13,16,26H2. The molecule has 0 heterocycles. The molecule has 0 N–H and O–H groups in total. The molecule has 0 aliphatic carbocycles. The number of unbranched alkanes of at least 4 members (excludes halogenated alkanes) is 1. The van der Waals surface area contributed by atoms with E-state index in [-0.39, 0.29) is 0 Å². The highest BCUT2D eigenvalue weighted by atomic mass is 28.3. The van der Waals surface area contributed by atoms with E-state index >= 15 is 0 Å². The van der Waals surface area contributed by atoms with Crippen LogP contribution in [0.15, 0.2) is 133 Å². The van der Waals surface area contributed by atoms with Crippen molar-refractivity contribution in [2.45, 2.75) is 25.3 Å². The van der Waals surface area contributed by atoms with Crippen molar-refractivity contribution in [1.82, 2.24) is 0 Å². The number of fused-ring (bicyclic) bond motifs is 1. The third-order valence-electron chi connectivity index (χ3n) is 6.93. The van der Waals surface area contributed by atoms with Crippen LogP contribution in [0.5, 0.6) is 0 Å². The van der Waals surface area contributed by atoms with Gasteiger partial charge in [-0.05, 0) is 50.8 Å². The van der Waals surface area contributed by atoms with Gasteiger partial charge in [0.25, 0.3) is 0 Å². The van der Waals surface area contributed by atoms with Gasteiger partial charge in [0.1, 0.15) is 8.07 Å². The molecule has 33 heavy (non-hydrogen) atoms. The van der Waals surface area contributed by atoms with Crippen LogP contribution in [0.25, 0.3) is 10.8 Å². The largest absolute Gasteiger partial charge is 0.148 e. The van der Waals surface area contributed by atoms with Crippen LogP contribution < -0.4 is 15.6 Å². The summed E-state index contributed by atoms with van der Waals surface area (Å²) in [7, 11) is -2.12. The Hall–Kier alpha value is -3.42. The molecule has 0 nitrogen and oxygen atoms in total. The van der Waals surface area contributed by atoms with E-state index in [1.165, 1.54) is 50.8 Å². The monoisotopic (exact) mass is 442 g/mol. The minimum Gasteiger partial charge on any atom is -0.0624 e. The molecule has 0 saturated heterocycles. The topological polar surface area (TPSA) is 0 Å². The number of benzene rings is 5. The van der Waals surface area contributed by atoms with Crippen molar-refractivity contribution in [3.63, 3.8) is 0 Å². The van der Waals surface area contributed by atoms with E-state index in [2.05, 4.69) is 133 Å². The summed E-state index contributed by atoms with van der Waals surface area (Å²) in [6, 6.07) is 50.5. The van der Waals surface area contributed by atoms with Gasteiger partial charge in [0.15, 0.2) is 0 Å². The first-order valence-corrected chi connectivity index (χ1v) is 14.2. The molecular weight excluding hydrogens is 412 g/mol. The van der Waals surface area contributed by atoms with Crippen LogP contribution in [0.1, 0.15) is 18.4 Å². The number of hydrogen-bond donors (Lipinski definition) is 0. The highest BCUT2D eigenvalue weighted by Gasteiger charge is 2.38. The van der Waals surface area contributed by atoms with Crippen LogP contribution in [0, 0.1) is 0 Å². The molecule has 0 radical (unpaired) electrons. The molecule has 0 atom stereocenters. The molecule has 0 fully saturated rings. The minimum atomic E-state index is -2.12. The van der Waals surface area contributed by atoms with Crippen LogP contribution in [0.2, 0.25) is 6.04 Å². The molecule has 1 heteroatoms. The molecule has 0 aliphatic heterocycles. The first-order valence-electron chi connectivity index (χ1n) is 12.0. The van der Waals surface area contributed by atoms with Crippen molar-refractivity contribution >= 4 is 34.4 Å². The highest BCUT2D eigenvalue weighted by Crippen LogP contribution is 2.22. The molecule has 5 aromatic carbocycles. The summed E-state index contributed by atoms with van der Waals surface area (Å²) in [5.41, 5.74) is 1.47. The molecular formula is C32H30Si. The van der Waals surface area contributed by atoms with Crippen LogP contribution in [-0.4, -0.2) is 8.07 Å². The van der Waals surface area contributed by atoms with Gasteiger partial charge in [-0.15, -0.1) is 0 Å². The second-order valence-corrected chi connectivity index (χ2v) is 12.9. The van der Waals surface area contributed by atoms with Gasteiger partial charge in [0.2, 0.25) is 0 Å². The van der Waals surface area contributed by atoms with Gasteiger partial charge in [-0.2, -0.15) is 0 Å². The van der Waals surface area contributed by atoms with Gasteiger partial charge < -0.3 is 0 Å². The van der Waals surface area contributed by atoms with Gasteiger partial charge in [0, 0.05) is 0 Å². The van der Waals surface area contributed by atoms with E-state index in [4.69, 9.17) is 0 Å². The summed E-state index contributed by atoms with van der Waals surface area (Å²) < 4.78 is 0. The Balaban J connectivity index is 1.47. The third kappa shape index (κ3) is 4.42. The summed E-state index contributed by atoms with van der Waals surface area (Å²) in [5.74, 6) is 0. The Kier molecular flexibility index (Phi) is 6.50. The van der Waals surface area contributed by atoms with Crippen molar-refractivity contribution in [2.24, 2.45) is 0 Å². The summed E-state index contributed by atoms with van der Waals surface area (Å²) in [6.07, 6.45) is 3.55. The molecule has 0 saturated carbocycles. The highest BCUT2D eigenvalue weighted by molar-refractivity contribution is 7.11. The lowest BCUT2D eigenvalue weighted by molar-refractivity contribution is 0.792. The average molecular weight is 443 g/mol. The minimum absolute atomic E-state index is 1.13. The Morgan fingerprint density at radius 2 is 0.909 bits per heavy atom. The van der Waals surface area contributed by atoms with Crippen molar-refractivity contribution in [2.75, 3.05) is 0 Å². The fraction of sp³-hybridized carbons (Fsp3) is 0.125. The fourth-order valence-electron chi connectivity index (χ4n) is 5.32. The second kappa shape index (κ2) is 10.0. The van der Waals surface area contributed by atoms with Gasteiger partial charge in [-0.3, -0.25) is 0 Å². The zero-order valence-electron chi connectivity index (χ0n) is 19.0. The molecule has 0 aliphatic rings. The van der Waals surface area contributed by atoms with E-state index in [1.54, 1.807) is 0 Å². The predicted octanol–water partition coefficient (Wildman–Crippen LogP) is 6.33. The Morgan fingerprint density at radius 3 is 1.48 bits per heavy atom. The van der Waals surface area contributed by atoms with E-state index in [0.29, 0.717) is 0 Å². The zero-order valence-corrected chi connectivity index (χ0v) is 20.0. The molecule has 0 aromatic heterocycles. The Labute approximate surface area is 198 Å². The van der Waals surface area contributed by atoms with E-state index in [0.717, 1.165) is 6.42 Å². The van der Waals surface area contributed by atoms with Crippen LogP contribution in [0.3, 0.4) is 0 Å². The Bertz CT molecular complexity index is 1190. The van der Waals surface area contributed by atoms with Gasteiger partial charge in [0.05, 0.1) is 0 Å². The van der Waals surface area contributed by atoms with Crippen molar-refractivity contribution in [1.29, 1.82) is 0 Å². The molecule has 5 aromatic rings. The molecule has 162 valence electrons. The van der Waals surface area contributed by atoms with Crippen molar-refractivity contribution in [3.05, 3.63) is 139 Å². The van der Waals surface area contributed by atoms with Gasteiger partial charge >= 0.3 is 0 Å². The number of rotatable bonds is 8. The van der Waals surface area contributed by atoms with E-state index < -0.39 is 8.07 Å². The number of aryl methyl sites for hydroxylation is 1. The van der Waals surface area contributed by atoms with E-state index in [1.807, 2.05) is 0 Å². The number of hydrogen-bond acceptors (Lipinski definition) is 0. The lowest BCUT2D eigenvalue weighted by Gasteiger charge is -2.34. The zero-order chi connectivity index (χ0) is 22.3. The maximum absolute atomic E-state index is 2.36. The average Bonchev–Trinajstić information content (AvgIpc) is 2.90. The SMILES string of the molecule is c1ccc([Si](CCCCc2cccc3ccccc23)(c2ccccc2)c2ccccc2)cc1. The Morgan fingerprint density at radius 1 is 0.424 bits per heavy atom. The van der Waals surface area contributed by atoms with Crippen molar-refractivity contribution in [3.8, 4) is 0 Å². The molecule has 0 amide bonds. The first-order chi connectivity index (χ1) is 16.4. The van der Waals surface area contributed by atoms with Crippen LogP contribution >= 0.6 is 0 Å². The van der Waals surface area contributed by atoms with Gasteiger partial charge in [-0.1, -0.05) is 140 Å². The lowest BCUT2D eigenvalue weighted by Crippen LogP contribution is -2.66. The molecule has 0 spiro atoms. The van der Waals surface area contributed by atoms with Crippen molar-refractivity contribution < 1.29 is 0 Å². The quantitative estimate of drug-likeness (QED) is 0.150. The van der Waals surface area contributed by atoms with Crippen LogP contribution in [0.4, 0.5) is 0 Å². The third-order valence-corrected chi connectivity index (χ3v) is 12.0. The molecule has 5 rings (SSSR count). The smallest absolute Gasteiger partial charge is 0.0624 e. The second-order valence-electron chi connectivity index (χ2n) is 8.85. The molecule has 0 bridgehead atoms. The summed E-state index contributed by atoms with van der Waals surface area (Å²) >= 11 is 0. The summed E-state index contributed by atoms with van der Waals surface area (Å²) in [6.45, 7) is 0. The fourth-order valence-corrected chi connectivity index (χ4v) is 10.2. The van der Waals surface area contributed by atoms with E-state index in [9.17, 15) is 0 Å². The van der Waals surface area contributed by atoms with Crippen LogP contribution in [-0.2, 0) is 6.42 Å². The van der Waals surface area contributed by atoms with Gasteiger partial charge in [-0.25, -0.2) is 0 Å². The maximum atomic E-state index is 2.36.